The van der Waals surface area contributed by atoms with Crippen molar-refractivity contribution in [2.45, 2.75) is 33.4 Å². The quantitative estimate of drug-likeness (QED) is 0.0801. The molecule has 0 unspecified atom stereocenters. The van der Waals surface area contributed by atoms with E-state index in [-0.39, 0.29) is 7.43 Å². The number of aryl methyl sites for hydroxylation is 2. The Morgan fingerprint density at radius 3 is 1.38 bits per heavy atom. The highest BCUT2D eigenvalue weighted by Crippen LogP contribution is 2.46. The molecule has 35 heteroatoms. The van der Waals surface area contributed by atoms with E-state index in [4.69, 9.17) is 110 Å². The van der Waals surface area contributed by atoms with Crippen LogP contribution < -0.4 is 15.1 Å². The molecule has 0 atom stereocenters. The maximum absolute atomic E-state index is 12.5. The van der Waals surface area contributed by atoms with Crippen molar-refractivity contribution in [2.24, 2.45) is 14.1 Å². The summed E-state index contributed by atoms with van der Waals surface area (Å²) in [6.07, 6.45) is 0.295. The van der Waals surface area contributed by atoms with E-state index in [1.165, 1.54) is 31.0 Å². The van der Waals surface area contributed by atoms with Crippen molar-refractivity contribution in [1.29, 1.82) is 0 Å². The van der Waals surface area contributed by atoms with Gasteiger partial charge >= 0.3 is 7.60 Å². The van der Waals surface area contributed by atoms with E-state index < -0.39 is 77.8 Å². The molecule has 4 heterocycles. The fourth-order valence-corrected chi connectivity index (χ4v) is 9.92. The molecule has 0 aliphatic carbocycles. The molecule has 0 bridgehead atoms. The number of hydrogen-bond acceptors (Lipinski definition) is 7. The molecule has 26 radical (unpaired) electrons. The molecule has 0 spiro atoms. The largest absolute Gasteiger partial charge is 0.365 e. The average molecular weight is 889 g/mol. The van der Waals surface area contributed by atoms with Crippen LogP contribution in [0.15, 0.2) is 65.9 Å². The van der Waals surface area contributed by atoms with Crippen LogP contribution in [0.25, 0.3) is 0 Å². The molecule has 2 aliphatic heterocycles. The number of anilines is 2. The zero-order valence-corrected chi connectivity index (χ0v) is 39.1. The molecule has 2 aliphatic rings. The zero-order valence-electron chi connectivity index (χ0n) is 36.6. The predicted molar refractivity (Wildman–Crippen MR) is 303 cm³/mol. The second-order valence-electron chi connectivity index (χ2n) is 16.2. The molecule has 286 valence electrons. The monoisotopic (exact) mass is 892 g/mol. The molecule has 6 rings (SSSR count). The molecule has 2 aromatic carbocycles. The second-order valence-corrected chi connectivity index (χ2v) is 19.4. The van der Waals surface area contributed by atoms with Crippen molar-refractivity contribution in [3.63, 3.8) is 0 Å². The van der Waals surface area contributed by atoms with E-state index in [0.717, 1.165) is 60.6 Å². The molecule has 4 aromatic rings. The minimum Gasteiger partial charge on any atom is -0.365 e. The molecule has 2 aromatic heterocycles. The lowest BCUT2D eigenvalue weighted by molar-refractivity contribution is 0.287. The third-order valence-electron chi connectivity index (χ3n) is 11.6. The van der Waals surface area contributed by atoms with Gasteiger partial charge in [0.25, 0.3) is 0 Å². The maximum Gasteiger partial charge on any atom is 0.360 e. The van der Waals surface area contributed by atoms with E-state index in [1.54, 1.807) is 6.33 Å². The first-order chi connectivity index (χ1) is 29.6. The number of nitrogens with zero attached hydrogens (tertiary/aromatic N) is 6. The summed E-state index contributed by atoms with van der Waals surface area (Å²) in [4.78, 5) is 13.4. The number of rotatable bonds is 17. The lowest BCUT2D eigenvalue weighted by atomic mass is 8.35. The molecule has 64 heavy (non-hydrogen) atoms. The number of fused-ring (bicyclic) bond motifs is 2. The lowest BCUT2D eigenvalue weighted by Gasteiger charge is -2.46. The molecule has 0 fully saturated rings. The fraction of sp³-hybridized carbons (Fsp3) is 0.379. The topological polar surface area (TPSA) is 77.6 Å². The second kappa shape index (κ2) is 25.9. The van der Waals surface area contributed by atoms with Gasteiger partial charge in [0.2, 0.25) is 0 Å². The Bertz CT molecular complexity index is 2060. The Morgan fingerprint density at radius 2 is 1.02 bits per heavy atom. The number of hydrogen-bond donors (Lipinski definition) is 0. The Balaban J connectivity index is 0.000000256. The summed E-state index contributed by atoms with van der Waals surface area (Å²) < 4.78 is 27.8. The van der Waals surface area contributed by atoms with Crippen LogP contribution in [0.5, 0.6) is 0 Å². The highest BCUT2D eigenvalue weighted by molar-refractivity contribution is 9.10. The molecule has 0 saturated heterocycles. The average Bonchev–Trinajstić information content (AvgIpc) is 4.02. The lowest BCUT2D eigenvalue weighted by Crippen LogP contribution is -2.84. The van der Waals surface area contributed by atoms with Crippen LogP contribution in [0.4, 0.5) is 11.4 Å². The van der Waals surface area contributed by atoms with Crippen molar-refractivity contribution in [3.8, 4) is 0 Å². The number of halogens is 1. The van der Waals surface area contributed by atoms with Crippen molar-refractivity contribution in [1.82, 2.24) is 19.1 Å². The highest BCUT2D eigenvalue weighted by atomic mass is 79.9. The molecule has 0 amide bonds. The van der Waals surface area contributed by atoms with Gasteiger partial charge in [-0.05, 0) is 48.2 Å². The van der Waals surface area contributed by atoms with Gasteiger partial charge in [-0.1, -0.05) is 35.5 Å². The Morgan fingerprint density at radius 1 is 0.609 bits per heavy atom. The van der Waals surface area contributed by atoms with Crippen LogP contribution in [0.1, 0.15) is 29.9 Å². The van der Waals surface area contributed by atoms with Gasteiger partial charge in [0.05, 0.1) is 42.4 Å². The molecular weight excluding hydrogens is 851 g/mol. The van der Waals surface area contributed by atoms with E-state index in [9.17, 15) is 4.57 Å². The van der Waals surface area contributed by atoms with Crippen molar-refractivity contribution in [2.75, 3.05) is 37.1 Å². The summed E-state index contributed by atoms with van der Waals surface area (Å²) >= 11 is 3.54. The Labute approximate surface area is 414 Å². The summed E-state index contributed by atoms with van der Waals surface area (Å²) in [5.41, 5.74) is 7.24. The summed E-state index contributed by atoms with van der Waals surface area (Å²) in [5.74, 6) is 0. The van der Waals surface area contributed by atoms with Gasteiger partial charge in [0.1, 0.15) is 0 Å². The van der Waals surface area contributed by atoms with Crippen molar-refractivity contribution >= 4 is 211 Å². The minimum absolute atomic E-state index is 0. The predicted octanol–water partition coefficient (Wildman–Crippen LogP) is -3.66. The number of benzene rings is 2. The first-order valence-electron chi connectivity index (χ1n) is 20.5. The third kappa shape index (κ3) is 14.8. The van der Waals surface area contributed by atoms with Gasteiger partial charge in [-0.15, -0.1) is 0 Å². The van der Waals surface area contributed by atoms with E-state index in [1.807, 2.05) is 54.0 Å². The van der Waals surface area contributed by atoms with E-state index in [0.29, 0.717) is 5.30 Å². The van der Waals surface area contributed by atoms with Gasteiger partial charge in [-0.3, -0.25) is 4.57 Å². The third-order valence-corrected chi connectivity index (χ3v) is 13.9. The summed E-state index contributed by atoms with van der Waals surface area (Å²) in [7, 11) is 79.8. The van der Waals surface area contributed by atoms with Gasteiger partial charge in [0.15, 0.2) is 0 Å². The van der Waals surface area contributed by atoms with E-state index >= 15 is 0 Å². The summed E-state index contributed by atoms with van der Waals surface area (Å²) in [6.45, 7) is 3.65. The Kier molecular flexibility index (Phi) is 23.0. The van der Waals surface area contributed by atoms with Crippen LogP contribution in [0, 0.1) is 0 Å². The van der Waals surface area contributed by atoms with Crippen LogP contribution in [0.2, 0.25) is 0 Å². The number of aromatic nitrogens is 4. The van der Waals surface area contributed by atoms with Crippen LogP contribution in [-0.2, 0) is 53.6 Å². The smallest absolute Gasteiger partial charge is 0.360 e. The van der Waals surface area contributed by atoms with Crippen LogP contribution in [-0.4, -0.2) is 217 Å². The standard InChI is InChI=1S/C15H20N3O3P.C13H14BrN3.CH4.B24/c1-17-9-13(16-11-17)10-18-7-6-12-4-5-14(8-15(12)18)22(19,20-2)21-3;1-16-7-12(15-9-16)8-17-5-4-10-2-3-11(14)6-13(10)17;;1-14(2)20(13)23(19(11)12)24(21(15(3)4)16(5)6)22(17(7)8)18(9)10/h4-5,8-9,11H,6-7,10H2,1-3H3;2-3,6-7,9H,4-5,8H2,1H3;1H4;. The fourth-order valence-electron chi connectivity index (χ4n) is 8.46. The van der Waals surface area contributed by atoms with E-state index in [2.05, 4.69) is 60.1 Å². The summed E-state index contributed by atoms with van der Waals surface area (Å²) in [6, 6.07) is 12.3. The van der Waals surface area contributed by atoms with Gasteiger partial charge in [-0.25, -0.2) is 9.97 Å². The normalized spacial score (nSPS) is 12.2. The number of imidazole rings is 2. The zero-order chi connectivity index (χ0) is 46.9. The molecule has 0 saturated carbocycles. The first kappa shape index (κ1) is 57.0. The first-order valence-corrected chi connectivity index (χ1v) is 22.8. The van der Waals surface area contributed by atoms with Crippen LogP contribution >= 0.6 is 23.5 Å². The molecular formula is C29H38B24BrN6O3P. The minimum atomic E-state index is -3.22. The molecule has 0 N–H and O–H groups in total. The molecule has 9 nitrogen and oxygen atoms in total. The summed E-state index contributed by atoms with van der Waals surface area (Å²) in [5, 5.41) is 0.587. The highest BCUT2D eigenvalue weighted by Gasteiger charge is 2.48. The maximum atomic E-state index is 12.5. The Hall–Kier alpha value is -1.35. The van der Waals surface area contributed by atoms with Crippen LogP contribution in [0.3, 0.4) is 0 Å². The van der Waals surface area contributed by atoms with Gasteiger partial charge in [0, 0.05) is 240 Å². The van der Waals surface area contributed by atoms with Crippen molar-refractivity contribution < 1.29 is 13.6 Å². The van der Waals surface area contributed by atoms with Gasteiger partial charge < -0.3 is 28.0 Å². The van der Waals surface area contributed by atoms with Crippen molar-refractivity contribution in [3.05, 3.63) is 88.4 Å². The van der Waals surface area contributed by atoms with Gasteiger partial charge in [-0.2, -0.15) is 0 Å². The SMILES string of the molecule is C.COP(=O)(OC)c1ccc2c(c1)N(Cc1cn(C)cn1)CC2.Cn1cnc(CN2CCc3ccc(Br)cc32)c1.[B]B([B])B([B])B(B([B])[B])B(B(B([B])[B])B([B])[B])B(B([B])[B])B([B])[B].